The summed E-state index contributed by atoms with van der Waals surface area (Å²) in [7, 11) is 0. The van der Waals surface area contributed by atoms with Crippen molar-refractivity contribution in [3.63, 3.8) is 0 Å². The number of nitrogens with zero attached hydrogens (tertiary/aromatic N) is 1. The second-order valence-electron chi connectivity index (χ2n) is 6.00. The van der Waals surface area contributed by atoms with E-state index >= 15 is 0 Å². The van der Waals surface area contributed by atoms with Crippen LogP contribution in [0, 0.1) is 11.7 Å². The van der Waals surface area contributed by atoms with E-state index in [0.717, 1.165) is 19.4 Å². The van der Waals surface area contributed by atoms with E-state index < -0.39 is 5.82 Å². The molecule has 1 fully saturated rings. The number of para-hydroxylation sites is 1. The largest absolute Gasteiger partial charge is 0.355 e. The topological polar surface area (TPSA) is 87.5 Å². The molecule has 1 heterocycles. The molecule has 2 rings (SSSR count). The Morgan fingerprint density at radius 3 is 2.80 bits per heavy atom. The Morgan fingerprint density at radius 2 is 2.08 bits per heavy atom. The van der Waals surface area contributed by atoms with Crippen molar-refractivity contribution in [3.05, 3.63) is 30.1 Å². The summed E-state index contributed by atoms with van der Waals surface area (Å²) in [5.74, 6) is -0.698. The van der Waals surface area contributed by atoms with Crippen LogP contribution in [-0.2, 0) is 9.59 Å². The van der Waals surface area contributed by atoms with Gasteiger partial charge in [0.15, 0.2) is 0 Å². The van der Waals surface area contributed by atoms with Crippen molar-refractivity contribution in [2.24, 2.45) is 11.7 Å². The molecular formula is C17H26ClFN4O2. The van der Waals surface area contributed by atoms with E-state index in [9.17, 15) is 14.0 Å². The van der Waals surface area contributed by atoms with Crippen molar-refractivity contribution < 1.29 is 14.0 Å². The van der Waals surface area contributed by atoms with Crippen LogP contribution in [0.4, 0.5) is 10.1 Å². The first-order valence-corrected chi connectivity index (χ1v) is 8.34. The van der Waals surface area contributed by atoms with Crippen LogP contribution < -0.4 is 16.4 Å². The molecule has 1 saturated heterocycles. The molecule has 0 aliphatic carbocycles. The van der Waals surface area contributed by atoms with E-state index in [4.69, 9.17) is 5.73 Å². The maximum absolute atomic E-state index is 13.5. The predicted molar refractivity (Wildman–Crippen MR) is 98.1 cm³/mol. The van der Waals surface area contributed by atoms with Gasteiger partial charge in [-0.15, -0.1) is 12.4 Å². The van der Waals surface area contributed by atoms with Crippen molar-refractivity contribution >= 4 is 29.9 Å². The Hall–Kier alpha value is -1.70. The number of carbonyl (C=O) groups is 2. The highest BCUT2D eigenvalue weighted by Gasteiger charge is 2.25. The number of benzene rings is 1. The van der Waals surface area contributed by atoms with Crippen LogP contribution in [-0.4, -0.2) is 49.4 Å². The molecule has 0 radical (unpaired) electrons. The molecule has 0 bridgehead atoms. The van der Waals surface area contributed by atoms with Gasteiger partial charge >= 0.3 is 0 Å². The molecule has 1 atom stereocenters. The van der Waals surface area contributed by atoms with Gasteiger partial charge in [0, 0.05) is 32.6 Å². The zero-order valence-corrected chi connectivity index (χ0v) is 15.0. The Morgan fingerprint density at radius 1 is 1.32 bits per heavy atom. The Labute approximate surface area is 153 Å². The minimum atomic E-state index is -0.444. The molecule has 6 nitrogen and oxygen atoms in total. The first-order valence-electron chi connectivity index (χ1n) is 8.34. The van der Waals surface area contributed by atoms with E-state index in [-0.39, 0.29) is 42.2 Å². The van der Waals surface area contributed by atoms with Gasteiger partial charge in [0.25, 0.3) is 0 Å². The number of rotatable bonds is 7. The maximum Gasteiger partial charge on any atom is 0.225 e. The first-order chi connectivity index (χ1) is 11.6. The summed E-state index contributed by atoms with van der Waals surface area (Å²) in [5, 5.41) is 5.39. The average Bonchev–Trinajstić information content (AvgIpc) is 2.60. The highest BCUT2D eigenvalue weighted by molar-refractivity contribution is 5.90. The summed E-state index contributed by atoms with van der Waals surface area (Å²) in [6.07, 6.45) is 2.05. The number of halogens is 2. The Bertz CT molecular complexity index is 573. The summed E-state index contributed by atoms with van der Waals surface area (Å²) in [4.78, 5) is 26.1. The van der Waals surface area contributed by atoms with Crippen molar-refractivity contribution in [1.29, 1.82) is 0 Å². The van der Waals surface area contributed by atoms with Crippen LogP contribution in [0.1, 0.15) is 19.3 Å². The maximum atomic E-state index is 13.5. The van der Waals surface area contributed by atoms with Crippen molar-refractivity contribution in [3.8, 4) is 0 Å². The number of likely N-dealkylation sites (tertiary alicyclic amines) is 1. The zero-order valence-electron chi connectivity index (χ0n) is 14.2. The number of piperidine rings is 1. The first kappa shape index (κ1) is 21.3. The van der Waals surface area contributed by atoms with E-state index in [1.807, 2.05) is 0 Å². The molecule has 1 aliphatic heterocycles. The fourth-order valence-corrected chi connectivity index (χ4v) is 2.85. The van der Waals surface area contributed by atoms with Crippen LogP contribution >= 0.6 is 12.4 Å². The van der Waals surface area contributed by atoms with Gasteiger partial charge in [-0.2, -0.15) is 0 Å². The second kappa shape index (κ2) is 11.0. The number of nitrogens with one attached hydrogen (secondary N) is 2. The molecule has 0 spiro atoms. The minimum absolute atomic E-state index is 0. The van der Waals surface area contributed by atoms with Gasteiger partial charge in [-0.25, -0.2) is 4.39 Å². The van der Waals surface area contributed by atoms with Crippen LogP contribution in [0.3, 0.4) is 0 Å². The molecule has 0 saturated carbocycles. The summed E-state index contributed by atoms with van der Waals surface area (Å²) < 4.78 is 13.5. The zero-order chi connectivity index (χ0) is 17.4. The minimum Gasteiger partial charge on any atom is -0.355 e. The Balaban J connectivity index is 0.00000312. The van der Waals surface area contributed by atoms with Gasteiger partial charge in [-0.05, 0) is 31.5 Å². The lowest BCUT2D eigenvalue weighted by atomic mass is 9.97. The molecule has 8 heteroatoms. The van der Waals surface area contributed by atoms with E-state index in [1.165, 1.54) is 12.1 Å². The van der Waals surface area contributed by atoms with Crippen molar-refractivity contribution in [2.45, 2.75) is 19.3 Å². The molecule has 140 valence electrons. The molecule has 1 aromatic rings. The van der Waals surface area contributed by atoms with Gasteiger partial charge < -0.3 is 21.3 Å². The monoisotopic (exact) mass is 372 g/mol. The fraction of sp³-hybridized carbons (Fsp3) is 0.529. The number of hydrogen-bond acceptors (Lipinski definition) is 4. The highest BCUT2D eigenvalue weighted by atomic mass is 35.5. The lowest BCUT2D eigenvalue weighted by Gasteiger charge is -2.31. The van der Waals surface area contributed by atoms with Crippen LogP contribution in [0.5, 0.6) is 0 Å². The lowest BCUT2D eigenvalue weighted by Crippen LogP contribution is -2.44. The normalized spacial score (nSPS) is 17.4. The lowest BCUT2D eigenvalue weighted by molar-refractivity contribution is -0.126. The average molecular weight is 373 g/mol. The summed E-state index contributed by atoms with van der Waals surface area (Å²) in [6, 6.07) is 6.10. The fourth-order valence-electron chi connectivity index (χ4n) is 2.85. The number of hydrogen-bond donors (Lipinski definition) is 3. The number of amides is 2. The van der Waals surface area contributed by atoms with Gasteiger partial charge in [-0.3, -0.25) is 9.59 Å². The van der Waals surface area contributed by atoms with Gasteiger partial charge in [0.2, 0.25) is 11.8 Å². The van der Waals surface area contributed by atoms with E-state index in [1.54, 1.807) is 12.1 Å². The summed E-state index contributed by atoms with van der Waals surface area (Å²) in [5.41, 5.74) is 5.59. The van der Waals surface area contributed by atoms with Crippen LogP contribution in [0.2, 0.25) is 0 Å². The second-order valence-corrected chi connectivity index (χ2v) is 6.00. The summed E-state index contributed by atoms with van der Waals surface area (Å²) >= 11 is 0. The van der Waals surface area contributed by atoms with Gasteiger partial charge in [0.1, 0.15) is 5.82 Å². The van der Waals surface area contributed by atoms with Crippen LogP contribution in [0.25, 0.3) is 0 Å². The van der Waals surface area contributed by atoms with Gasteiger partial charge in [-0.1, -0.05) is 12.1 Å². The molecule has 2 amide bonds. The predicted octanol–water partition coefficient (Wildman–Crippen LogP) is 1.36. The van der Waals surface area contributed by atoms with E-state index in [2.05, 4.69) is 15.5 Å². The van der Waals surface area contributed by atoms with E-state index in [0.29, 0.717) is 26.2 Å². The molecule has 1 unspecified atom stereocenters. The number of anilines is 1. The number of nitrogens with two attached hydrogens (primary N) is 1. The third-order valence-electron chi connectivity index (χ3n) is 4.12. The molecular weight excluding hydrogens is 347 g/mol. The highest BCUT2D eigenvalue weighted by Crippen LogP contribution is 2.17. The molecule has 1 aliphatic rings. The SMILES string of the molecule is Cl.NCCNC(=O)C1CCCN(CCC(=O)Nc2ccccc2F)C1. The standard InChI is InChI=1S/C17H25FN4O2.ClH/c18-14-5-1-2-6-15(14)21-16(23)7-11-22-10-3-4-13(12-22)17(24)20-9-8-19;/h1-2,5-6,13H,3-4,7-12,19H2,(H,20,24)(H,21,23);1H. The number of carbonyl (C=O) groups excluding carboxylic acids is 2. The molecule has 25 heavy (non-hydrogen) atoms. The van der Waals surface area contributed by atoms with Crippen molar-refractivity contribution in [1.82, 2.24) is 10.2 Å². The van der Waals surface area contributed by atoms with Gasteiger partial charge in [0.05, 0.1) is 11.6 Å². The Kier molecular flexibility index (Phi) is 9.41. The quantitative estimate of drug-likeness (QED) is 0.674. The molecule has 1 aromatic carbocycles. The van der Waals surface area contributed by atoms with Crippen LogP contribution in [0.15, 0.2) is 24.3 Å². The molecule has 0 aromatic heterocycles. The molecule has 4 N–H and O–H groups in total. The third kappa shape index (κ3) is 6.97. The summed E-state index contributed by atoms with van der Waals surface area (Å²) in [6.45, 7) is 2.98. The third-order valence-corrected chi connectivity index (χ3v) is 4.12. The van der Waals surface area contributed by atoms with Crippen molar-refractivity contribution in [2.75, 3.05) is 38.0 Å². The smallest absolute Gasteiger partial charge is 0.225 e.